The smallest absolute Gasteiger partial charge is 0.246 e. The molecule has 1 fully saturated rings. The molecule has 1 aliphatic rings. The predicted octanol–water partition coefficient (Wildman–Crippen LogP) is 2.66. The van der Waals surface area contributed by atoms with Crippen molar-refractivity contribution in [3.8, 4) is 5.75 Å². The number of carbonyl (C=O) groups excluding carboxylic acids is 1. The number of anilines is 1. The van der Waals surface area contributed by atoms with Crippen LogP contribution in [0.2, 0.25) is 0 Å². The van der Waals surface area contributed by atoms with E-state index < -0.39 is 15.9 Å². The molecule has 0 bridgehead atoms. The number of sulfone groups is 1. The zero-order valence-corrected chi connectivity index (χ0v) is 16.4. The number of nitrogens with one attached hydrogen (secondary N) is 1. The maximum atomic E-state index is 13.1. The summed E-state index contributed by atoms with van der Waals surface area (Å²) in [4.78, 5) is 15.1. The average Bonchev–Trinajstić information content (AvgIpc) is 2.69. The number of ether oxygens (including phenoxy) is 1. The quantitative estimate of drug-likeness (QED) is 0.723. The Morgan fingerprint density at radius 1 is 1.14 bits per heavy atom. The highest BCUT2D eigenvalue weighted by molar-refractivity contribution is 7.91. The molecular weight excluding hydrogens is 376 g/mol. The van der Waals surface area contributed by atoms with E-state index in [4.69, 9.17) is 4.74 Å². The molecule has 1 unspecified atom stereocenters. The molecule has 0 aromatic heterocycles. The van der Waals surface area contributed by atoms with Gasteiger partial charge in [-0.05, 0) is 17.7 Å². The van der Waals surface area contributed by atoms with Crippen LogP contribution in [0.3, 0.4) is 0 Å². The highest BCUT2D eigenvalue weighted by atomic mass is 32.2. The predicted molar refractivity (Wildman–Crippen MR) is 110 cm³/mol. The Kier molecular flexibility index (Phi) is 6.49. The largest absolute Gasteiger partial charge is 0.489 e. The fourth-order valence-electron chi connectivity index (χ4n) is 3.18. The van der Waals surface area contributed by atoms with Crippen LogP contribution < -0.4 is 10.1 Å². The molecule has 28 heavy (non-hydrogen) atoms. The van der Waals surface area contributed by atoms with Crippen molar-refractivity contribution >= 4 is 21.4 Å². The molecular formula is C21H24N2O4S. The highest BCUT2D eigenvalue weighted by Gasteiger charge is 2.32. The van der Waals surface area contributed by atoms with Crippen molar-refractivity contribution in [2.45, 2.75) is 6.04 Å². The first-order chi connectivity index (χ1) is 13.5. The first kappa shape index (κ1) is 20.1. The third kappa shape index (κ3) is 5.21. The van der Waals surface area contributed by atoms with Gasteiger partial charge in [0.05, 0.1) is 11.5 Å². The Morgan fingerprint density at radius 2 is 1.86 bits per heavy atom. The normalized spacial score (nSPS) is 17.4. The second-order valence-corrected chi connectivity index (χ2v) is 8.92. The molecule has 0 saturated carbocycles. The van der Waals surface area contributed by atoms with E-state index in [2.05, 4.69) is 11.9 Å². The zero-order chi connectivity index (χ0) is 20.0. The number of hydrogen-bond acceptors (Lipinski definition) is 5. The topological polar surface area (TPSA) is 75.7 Å². The second-order valence-electron chi connectivity index (χ2n) is 6.62. The fourth-order valence-corrected chi connectivity index (χ4v) is 4.41. The Morgan fingerprint density at radius 3 is 2.54 bits per heavy atom. The van der Waals surface area contributed by atoms with Crippen LogP contribution in [0.25, 0.3) is 0 Å². The Bertz CT molecular complexity index is 914. The number of benzene rings is 2. The van der Waals surface area contributed by atoms with Crippen molar-refractivity contribution in [2.24, 2.45) is 0 Å². The van der Waals surface area contributed by atoms with Gasteiger partial charge in [0, 0.05) is 24.8 Å². The van der Waals surface area contributed by atoms with Crippen molar-refractivity contribution in [1.29, 1.82) is 0 Å². The second kappa shape index (κ2) is 9.03. The van der Waals surface area contributed by atoms with Crippen LogP contribution >= 0.6 is 0 Å². The van der Waals surface area contributed by atoms with Gasteiger partial charge in [0.15, 0.2) is 9.84 Å². The summed E-state index contributed by atoms with van der Waals surface area (Å²) in [5.41, 5.74) is 1.45. The van der Waals surface area contributed by atoms with Crippen molar-refractivity contribution < 1.29 is 17.9 Å². The number of carbonyl (C=O) groups is 1. The fraction of sp³-hybridized carbons (Fsp3) is 0.286. The number of rotatable bonds is 7. The van der Waals surface area contributed by atoms with E-state index in [1.165, 1.54) is 0 Å². The van der Waals surface area contributed by atoms with Crippen LogP contribution in [-0.4, -0.2) is 50.4 Å². The van der Waals surface area contributed by atoms with Gasteiger partial charge >= 0.3 is 0 Å². The summed E-state index contributed by atoms with van der Waals surface area (Å²) in [6, 6.07) is 16.0. The van der Waals surface area contributed by atoms with Gasteiger partial charge in [-0.2, -0.15) is 0 Å². The summed E-state index contributed by atoms with van der Waals surface area (Å²) in [6.07, 6.45) is 1.65. The van der Waals surface area contributed by atoms with Gasteiger partial charge in [-0.1, -0.05) is 49.1 Å². The molecule has 7 heteroatoms. The number of nitrogens with zero attached hydrogens (tertiary/aromatic N) is 1. The van der Waals surface area contributed by atoms with Gasteiger partial charge in [-0.15, -0.1) is 0 Å². The molecule has 148 valence electrons. The van der Waals surface area contributed by atoms with Crippen LogP contribution in [0.1, 0.15) is 11.6 Å². The molecule has 2 aromatic rings. The minimum atomic E-state index is -3.03. The van der Waals surface area contributed by atoms with Gasteiger partial charge < -0.3 is 10.1 Å². The van der Waals surface area contributed by atoms with Crippen LogP contribution in [0.4, 0.5) is 5.69 Å². The molecule has 1 atom stereocenters. The van der Waals surface area contributed by atoms with E-state index in [0.29, 0.717) is 31.1 Å². The summed E-state index contributed by atoms with van der Waals surface area (Å²) in [5.74, 6) is 0.563. The van der Waals surface area contributed by atoms with Crippen LogP contribution in [-0.2, 0) is 14.6 Å². The molecule has 0 radical (unpaired) electrons. The van der Waals surface area contributed by atoms with Gasteiger partial charge in [0.25, 0.3) is 0 Å². The molecule has 0 aliphatic carbocycles. The summed E-state index contributed by atoms with van der Waals surface area (Å²) < 4.78 is 29.1. The van der Waals surface area contributed by atoms with Crippen LogP contribution in [0.5, 0.6) is 5.75 Å². The molecule has 0 spiro atoms. The van der Waals surface area contributed by atoms with Gasteiger partial charge in [-0.25, -0.2) is 8.42 Å². The summed E-state index contributed by atoms with van der Waals surface area (Å²) in [6.45, 7) is 4.67. The SMILES string of the molecule is C=CCOc1cccc(NC(=O)C(c2ccccc2)N2CCS(=O)(=O)CC2)c1. The molecule has 1 N–H and O–H groups in total. The van der Waals surface area contributed by atoms with Crippen LogP contribution in [0.15, 0.2) is 67.3 Å². The molecule has 1 aliphatic heterocycles. The molecule has 1 saturated heterocycles. The molecule has 1 heterocycles. The van der Waals surface area contributed by atoms with E-state index in [0.717, 1.165) is 5.56 Å². The van der Waals surface area contributed by atoms with Crippen molar-refractivity contribution in [2.75, 3.05) is 36.5 Å². The molecule has 3 rings (SSSR count). The van der Waals surface area contributed by atoms with Gasteiger partial charge in [-0.3, -0.25) is 9.69 Å². The molecule has 6 nitrogen and oxygen atoms in total. The van der Waals surface area contributed by atoms with E-state index in [-0.39, 0.29) is 17.4 Å². The standard InChI is InChI=1S/C21H24N2O4S/c1-2-13-27-19-10-6-9-18(16-19)22-21(24)20(17-7-4-3-5-8-17)23-11-14-28(25,26)15-12-23/h2-10,16,20H,1,11-15H2,(H,22,24). The third-order valence-corrected chi connectivity index (χ3v) is 6.19. The number of amides is 1. The lowest BCUT2D eigenvalue weighted by Gasteiger charge is -2.33. The first-order valence-electron chi connectivity index (χ1n) is 9.12. The van der Waals surface area contributed by atoms with E-state index >= 15 is 0 Å². The Balaban J connectivity index is 1.80. The monoisotopic (exact) mass is 400 g/mol. The zero-order valence-electron chi connectivity index (χ0n) is 15.6. The van der Waals surface area contributed by atoms with E-state index in [1.54, 1.807) is 24.3 Å². The Labute approximate surface area is 165 Å². The summed E-state index contributed by atoms with van der Waals surface area (Å²) in [5, 5.41) is 2.94. The van der Waals surface area contributed by atoms with Crippen LogP contribution in [0, 0.1) is 0 Å². The molecule has 1 amide bonds. The maximum absolute atomic E-state index is 13.1. The van der Waals surface area contributed by atoms with Gasteiger partial charge in [0.1, 0.15) is 18.4 Å². The minimum absolute atomic E-state index is 0.0640. The Hall–Kier alpha value is -2.64. The lowest BCUT2D eigenvalue weighted by atomic mass is 10.0. The summed E-state index contributed by atoms with van der Waals surface area (Å²) >= 11 is 0. The summed E-state index contributed by atoms with van der Waals surface area (Å²) in [7, 11) is -3.03. The van der Waals surface area contributed by atoms with Crippen molar-refractivity contribution in [3.05, 3.63) is 72.8 Å². The average molecular weight is 401 g/mol. The van der Waals surface area contributed by atoms with Gasteiger partial charge in [0.2, 0.25) is 5.91 Å². The maximum Gasteiger partial charge on any atom is 0.246 e. The van der Waals surface area contributed by atoms with Crippen molar-refractivity contribution in [1.82, 2.24) is 4.90 Å². The highest BCUT2D eigenvalue weighted by Crippen LogP contribution is 2.26. The van der Waals surface area contributed by atoms with Crippen molar-refractivity contribution in [3.63, 3.8) is 0 Å². The molecule has 2 aromatic carbocycles. The van der Waals surface area contributed by atoms with E-state index in [1.807, 2.05) is 41.3 Å². The number of hydrogen-bond donors (Lipinski definition) is 1. The minimum Gasteiger partial charge on any atom is -0.489 e. The first-order valence-corrected chi connectivity index (χ1v) is 10.9. The lowest BCUT2D eigenvalue weighted by molar-refractivity contribution is -0.121. The van der Waals surface area contributed by atoms with E-state index in [9.17, 15) is 13.2 Å². The lowest BCUT2D eigenvalue weighted by Crippen LogP contribution is -2.46. The third-order valence-electron chi connectivity index (χ3n) is 4.58.